The number of likely N-dealkylation sites (N-methyl/N-ethyl adjacent to an activating group) is 1. The number of amides is 1. The predicted molar refractivity (Wildman–Crippen MR) is 114 cm³/mol. The molecule has 1 amide bonds. The van der Waals surface area contributed by atoms with Crippen LogP contribution in [0.2, 0.25) is 0 Å². The van der Waals surface area contributed by atoms with E-state index in [0.717, 1.165) is 6.42 Å². The number of ketones is 1. The number of allylic oxidation sites excluding steroid dienone is 4. The Morgan fingerprint density at radius 3 is 1.76 bits per heavy atom. The van der Waals surface area contributed by atoms with Crippen molar-refractivity contribution >= 4 is 11.7 Å². The molecule has 0 aliphatic carbocycles. The van der Waals surface area contributed by atoms with Gasteiger partial charge in [-0.15, -0.1) is 6.58 Å². The van der Waals surface area contributed by atoms with Crippen molar-refractivity contribution in [2.75, 3.05) is 7.05 Å². The first-order chi connectivity index (χ1) is 11.9. The van der Waals surface area contributed by atoms with Gasteiger partial charge in [-0.2, -0.15) is 0 Å². The van der Waals surface area contributed by atoms with E-state index in [1.807, 2.05) is 46.8 Å². The molecule has 0 aromatic carbocycles. The van der Waals surface area contributed by atoms with Crippen molar-refractivity contribution in [2.24, 2.45) is 5.92 Å². The highest BCUT2D eigenvalue weighted by molar-refractivity contribution is 5.97. The minimum atomic E-state index is -0.188. The molecule has 0 aliphatic rings. The molecule has 0 aliphatic heterocycles. The summed E-state index contributed by atoms with van der Waals surface area (Å²) in [6, 6.07) is 0. The van der Waals surface area contributed by atoms with Crippen molar-refractivity contribution in [3.63, 3.8) is 0 Å². The molecule has 0 saturated carbocycles. The summed E-state index contributed by atoms with van der Waals surface area (Å²) in [5.74, 6) is -0.449. The van der Waals surface area contributed by atoms with Crippen LogP contribution in [0.5, 0.6) is 0 Å². The summed E-state index contributed by atoms with van der Waals surface area (Å²) in [7, 11) is 1.59. The molecule has 0 spiro atoms. The Bertz CT molecular complexity index is 370. The van der Waals surface area contributed by atoms with E-state index >= 15 is 0 Å². The van der Waals surface area contributed by atoms with Crippen molar-refractivity contribution in [3.8, 4) is 0 Å². The van der Waals surface area contributed by atoms with Gasteiger partial charge in [0, 0.05) is 19.9 Å². The number of Topliss-reactive ketones (excluding diaryl/α,β-unsaturated/α-hetero) is 1. The van der Waals surface area contributed by atoms with Crippen molar-refractivity contribution in [1.82, 2.24) is 4.90 Å². The third-order valence-electron chi connectivity index (χ3n) is 2.77. The highest BCUT2D eigenvalue weighted by atomic mass is 16.2. The smallest absolute Gasteiger partial charge is 0.230 e. The molecule has 3 heteroatoms. The lowest BCUT2D eigenvalue weighted by atomic mass is 9.99. The molecule has 0 heterocycles. The maximum absolute atomic E-state index is 12.2. The van der Waals surface area contributed by atoms with Gasteiger partial charge in [0.2, 0.25) is 5.91 Å². The molecule has 0 bridgehead atoms. The molecule has 3 nitrogen and oxygen atoms in total. The summed E-state index contributed by atoms with van der Waals surface area (Å²) in [6.45, 7) is 23.0. The largest absolute Gasteiger partial charge is 0.313 e. The highest BCUT2D eigenvalue weighted by Gasteiger charge is 2.22. The number of hydrogen-bond acceptors (Lipinski definition) is 2. The first kappa shape index (κ1) is 31.2. The average molecular weight is 354 g/mol. The van der Waals surface area contributed by atoms with Gasteiger partial charge in [-0.1, -0.05) is 79.7 Å². The Labute approximate surface area is 157 Å². The minimum absolute atomic E-state index is 0.0872. The van der Waals surface area contributed by atoms with Gasteiger partial charge < -0.3 is 4.90 Å². The maximum Gasteiger partial charge on any atom is 0.230 e. The number of nitrogens with zero attached hydrogens (tertiary/aromatic N) is 1. The van der Waals surface area contributed by atoms with Crippen LogP contribution in [0.1, 0.15) is 81.1 Å². The van der Waals surface area contributed by atoms with Crippen LogP contribution in [0, 0.1) is 5.92 Å². The molecule has 0 fully saturated rings. The molecule has 25 heavy (non-hydrogen) atoms. The summed E-state index contributed by atoms with van der Waals surface area (Å²) in [4.78, 5) is 24.8. The second-order valence-electron chi connectivity index (χ2n) is 4.94. The van der Waals surface area contributed by atoms with Gasteiger partial charge in [0.15, 0.2) is 5.78 Å². The summed E-state index contributed by atoms with van der Waals surface area (Å²) < 4.78 is 0. The van der Waals surface area contributed by atoms with E-state index in [2.05, 4.69) is 27.0 Å². The second kappa shape index (κ2) is 24.6. The Morgan fingerprint density at radius 2 is 1.44 bits per heavy atom. The van der Waals surface area contributed by atoms with Gasteiger partial charge in [-0.3, -0.25) is 9.59 Å². The van der Waals surface area contributed by atoms with Crippen molar-refractivity contribution in [2.45, 2.75) is 81.1 Å². The summed E-state index contributed by atoms with van der Waals surface area (Å²) in [5, 5.41) is 0. The Hall–Kier alpha value is -1.64. The van der Waals surface area contributed by atoms with E-state index in [-0.39, 0.29) is 23.3 Å². The van der Waals surface area contributed by atoms with Gasteiger partial charge in [0.25, 0.3) is 0 Å². The zero-order chi connectivity index (χ0) is 20.8. The summed E-state index contributed by atoms with van der Waals surface area (Å²) in [6.07, 6.45) is 9.22. The predicted octanol–water partition coefficient (Wildman–Crippen LogP) is 6.56. The van der Waals surface area contributed by atoms with Crippen molar-refractivity contribution < 1.29 is 9.59 Å². The number of carbonyl (C=O) groups is 2. The van der Waals surface area contributed by atoms with Crippen molar-refractivity contribution in [1.29, 1.82) is 0 Å². The van der Waals surface area contributed by atoms with E-state index in [1.54, 1.807) is 13.1 Å². The average Bonchev–Trinajstić information content (AvgIpc) is 2.63. The van der Waals surface area contributed by atoms with Gasteiger partial charge in [0.1, 0.15) is 0 Å². The van der Waals surface area contributed by atoms with Crippen molar-refractivity contribution in [3.05, 3.63) is 37.1 Å². The molecule has 0 rings (SSSR count). The third kappa shape index (κ3) is 18.5. The lowest BCUT2D eigenvalue weighted by molar-refractivity contribution is -0.134. The Balaban J connectivity index is -0.000000274. The number of hydrogen-bond donors (Lipinski definition) is 0. The lowest BCUT2D eigenvalue weighted by Gasteiger charge is -2.22. The number of rotatable bonds is 8. The minimum Gasteiger partial charge on any atom is -0.313 e. The molecule has 0 aromatic heterocycles. The first-order valence-corrected chi connectivity index (χ1v) is 9.60. The van der Waals surface area contributed by atoms with E-state index in [0.29, 0.717) is 12.8 Å². The fraction of sp³-hybridized carbons (Fsp3) is 0.636. The molecule has 0 saturated heterocycles. The monoisotopic (exact) mass is 353 g/mol. The fourth-order valence-corrected chi connectivity index (χ4v) is 1.57. The fourth-order valence-electron chi connectivity index (χ4n) is 1.57. The van der Waals surface area contributed by atoms with Crippen LogP contribution < -0.4 is 0 Å². The second-order valence-corrected chi connectivity index (χ2v) is 4.94. The van der Waals surface area contributed by atoms with Crippen LogP contribution in [-0.2, 0) is 9.59 Å². The summed E-state index contributed by atoms with van der Waals surface area (Å²) in [5.41, 5.74) is 0.230. The lowest BCUT2D eigenvalue weighted by Crippen LogP contribution is -2.33. The van der Waals surface area contributed by atoms with Gasteiger partial charge in [0.05, 0.1) is 5.70 Å². The van der Waals surface area contributed by atoms with Crippen LogP contribution in [0.25, 0.3) is 0 Å². The quantitative estimate of drug-likeness (QED) is 0.366. The Morgan fingerprint density at radius 1 is 1.00 bits per heavy atom. The van der Waals surface area contributed by atoms with Gasteiger partial charge >= 0.3 is 0 Å². The number of carbonyl (C=O) groups excluding carboxylic acids is 2. The van der Waals surface area contributed by atoms with E-state index in [1.165, 1.54) is 18.2 Å². The highest BCUT2D eigenvalue weighted by Crippen LogP contribution is 2.16. The normalized spacial score (nSPS) is 9.96. The topological polar surface area (TPSA) is 37.4 Å². The van der Waals surface area contributed by atoms with Crippen LogP contribution in [-0.4, -0.2) is 23.6 Å². The molecule has 0 aromatic rings. The molecule has 0 unspecified atom stereocenters. The molecular formula is C22H43NO2. The Kier molecular flexibility index (Phi) is 30.7. The van der Waals surface area contributed by atoms with Crippen LogP contribution in [0.3, 0.4) is 0 Å². The molecule has 148 valence electrons. The summed E-state index contributed by atoms with van der Waals surface area (Å²) >= 11 is 0. The van der Waals surface area contributed by atoms with E-state index in [9.17, 15) is 9.59 Å². The first-order valence-electron chi connectivity index (χ1n) is 9.60. The van der Waals surface area contributed by atoms with E-state index in [4.69, 9.17) is 0 Å². The van der Waals surface area contributed by atoms with Gasteiger partial charge in [-0.05, 0) is 19.3 Å². The maximum atomic E-state index is 12.2. The third-order valence-corrected chi connectivity index (χ3v) is 2.77. The zero-order valence-corrected chi connectivity index (χ0v) is 18.3. The van der Waals surface area contributed by atoms with Crippen LogP contribution >= 0.6 is 0 Å². The molecular weight excluding hydrogens is 310 g/mol. The molecule has 0 radical (unpaired) electrons. The van der Waals surface area contributed by atoms with Crippen LogP contribution in [0.15, 0.2) is 37.1 Å². The van der Waals surface area contributed by atoms with Crippen LogP contribution in [0.4, 0.5) is 0 Å². The van der Waals surface area contributed by atoms with Gasteiger partial charge in [-0.25, -0.2) is 0 Å². The molecule has 0 N–H and O–H groups in total. The zero-order valence-electron chi connectivity index (χ0n) is 18.3. The SMILES string of the molecule is C=CC[C@@H](C/C=C\CC)C(=O)N(C)C(=C)C(C)=O.CC.CC.CCC. The molecule has 1 atom stereocenters. The van der Waals surface area contributed by atoms with E-state index < -0.39 is 0 Å². The standard InChI is InChI=1S/C15H23NO2.C3H8.2C2H6/c1-6-8-9-11-14(10-7-2)15(18)16(5)12(3)13(4)17;1-3-2;2*1-2/h7-9,14H,2-3,6,10-11H2,1,4-5H3;3H2,1-2H3;2*1-2H3/b9-8-;;;/t14-;;;/m0.../s1.